The number of carboxylic acid groups (broad SMARTS) is 1. The van der Waals surface area contributed by atoms with Crippen LogP contribution in [0.3, 0.4) is 0 Å². The summed E-state index contributed by atoms with van der Waals surface area (Å²) in [4.78, 5) is 104. The minimum absolute atomic E-state index is 0.00535. The van der Waals surface area contributed by atoms with Gasteiger partial charge in [0.15, 0.2) is 5.79 Å². The molecule has 6 rings (SSSR count). The molecule has 3 aromatic rings. The Morgan fingerprint density at radius 3 is 2.33 bits per heavy atom. The average Bonchev–Trinajstić information content (AvgIpc) is 3.69. The molecule has 0 saturated carbocycles. The highest BCUT2D eigenvalue weighted by molar-refractivity contribution is 7.66. The van der Waals surface area contributed by atoms with Crippen molar-refractivity contribution < 1.29 is 94.4 Å². The van der Waals surface area contributed by atoms with Gasteiger partial charge in [-0.3, -0.25) is 23.7 Å². The number of nitrogens with zero attached hydrogens (tertiary/aromatic N) is 3. The predicted molar refractivity (Wildman–Crippen MR) is 267 cm³/mol. The number of aromatic nitrogens is 2. The number of aromatic carboxylic acids is 1. The minimum atomic E-state index is -5.81. The normalized spacial score (nSPS) is 17.3. The maximum Gasteiger partial charge on any atom is 0.490 e. The lowest BCUT2D eigenvalue weighted by atomic mass is 9.89. The lowest BCUT2D eigenvalue weighted by Crippen LogP contribution is -2.35. The van der Waals surface area contributed by atoms with Crippen LogP contribution in [-0.2, 0) is 45.8 Å². The van der Waals surface area contributed by atoms with E-state index in [4.69, 9.17) is 33.2 Å². The van der Waals surface area contributed by atoms with Crippen LogP contribution in [0.25, 0.3) is 33.4 Å². The number of amides is 2. The first kappa shape index (κ1) is 58.9. The molecule has 2 amide bonds. The summed E-state index contributed by atoms with van der Waals surface area (Å²) in [5.74, 6) is 2.61. The molecule has 76 heavy (non-hydrogen) atoms. The molecule has 0 radical (unpaired) electrons. The molecule has 1 aliphatic carbocycles. The zero-order valence-corrected chi connectivity index (χ0v) is 44.0. The van der Waals surface area contributed by atoms with Crippen LogP contribution in [0.4, 0.5) is 10.5 Å². The van der Waals surface area contributed by atoms with Crippen molar-refractivity contribution in [3.05, 3.63) is 104 Å². The zero-order chi connectivity index (χ0) is 55.9. The van der Waals surface area contributed by atoms with Crippen LogP contribution in [0.15, 0.2) is 74.8 Å². The molecule has 1 fully saturated rings. The van der Waals surface area contributed by atoms with Crippen molar-refractivity contribution in [1.82, 2.24) is 24.8 Å². The number of aliphatic hydroxyl groups excluding tert-OH is 1. The Hall–Kier alpha value is -6.37. The molecule has 1 saturated heterocycles. The van der Waals surface area contributed by atoms with E-state index in [2.05, 4.69) is 35.6 Å². The number of anilines is 1. The van der Waals surface area contributed by atoms with E-state index in [1.54, 1.807) is 13.8 Å². The number of phosphoric ester groups is 1. The zero-order valence-electron chi connectivity index (χ0n) is 41.4. The Morgan fingerprint density at radius 2 is 1.64 bits per heavy atom. The fourth-order valence-corrected chi connectivity index (χ4v) is 10.5. The van der Waals surface area contributed by atoms with Crippen molar-refractivity contribution in [3.8, 4) is 34.3 Å². The Morgan fingerprint density at radius 1 is 0.921 bits per heavy atom. The number of benzene rings is 3. The van der Waals surface area contributed by atoms with Crippen molar-refractivity contribution >= 4 is 58.1 Å². The predicted octanol–water partition coefficient (Wildman–Crippen LogP) is 2.12. The minimum Gasteiger partial charge on any atom is -0.478 e. The summed E-state index contributed by atoms with van der Waals surface area (Å²) in [6, 6.07) is 15.6. The first-order valence-electron chi connectivity index (χ1n) is 22.5. The van der Waals surface area contributed by atoms with Crippen LogP contribution in [0, 0.1) is 11.8 Å². The number of carbonyl (C=O) groups excluding carboxylic acids is 2. The van der Waals surface area contributed by atoms with Gasteiger partial charge in [-0.15, -0.1) is 0 Å². The highest BCUT2D eigenvalue weighted by Crippen LogP contribution is 2.66. The first-order chi connectivity index (χ1) is 35.5. The van der Waals surface area contributed by atoms with Gasteiger partial charge in [0.05, 0.1) is 44.1 Å². The van der Waals surface area contributed by atoms with Crippen molar-refractivity contribution in [2.45, 2.75) is 44.5 Å². The van der Waals surface area contributed by atoms with Gasteiger partial charge in [0, 0.05) is 73.2 Å². The third kappa shape index (κ3) is 15.9. The largest absolute Gasteiger partial charge is 0.490 e. The summed E-state index contributed by atoms with van der Waals surface area (Å²) in [5, 5.41) is 27.4. The topological polar surface area (TPSA) is 387 Å². The molecule has 410 valence electrons. The number of aliphatic hydroxyl groups is 1. The number of rotatable bonds is 21. The molecule has 2 aromatic carbocycles. The summed E-state index contributed by atoms with van der Waals surface area (Å²) in [7, 11) is -9.42. The molecule has 5 atom stereocenters. The number of hydrogen-bond acceptors (Lipinski definition) is 18. The lowest BCUT2D eigenvalue weighted by Gasteiger charge is -2.25. The molecule has 1 aromatic heterocycles. The third-order valence-electron chi connectivity index (χ3n) is 11.0. The van der Waals surface area contributed by atoms with E-state index in [1.807, 2.05) is 79.0 Å². The fourth-order valence-electron chi connectivity index (χ4n) is 7.42. The number of nitrogens with one attached hydrogen (secondary N) is 3. The number of carbonyl (C=O) groups is 3. The van der Waals surface area contributed by atoms with Crippen LogP contribution in [-0.4, -0.2) is 143 Å². The highest BCUT2D eigenvalue weighted by atomic mass is 31.3. The summed E-state index contributed by atoms with van der Waals surface area (Å²) in [6.07, 6.45) is -4.56. The van der Waals surface area contributed by atoms with E-state index >= 15 is 0 Å². The number of aromatic amines is 1. The van der Waals surface area contributed by atoms with Gasteiger partial charge in [-0.25, -0.2) is 32.7 Å². The Kier molecular flexibility index (Phi) is 18.8. The van der Waals surface area contributed by atoms with Crippen molar-refractivity contribution in [3.63, 3.8) is 0 Å². The van der Waals surface area contributed by atoms with Crippen LogP contribution in [0.2, 0.25) is 0 Å². The van der Waals surface area contributed by atoms with Crippen molar-refractivity contribution in [2.75, 3.05) is 72.6 Å². The second-order valence-electron chi connectivity index (χ2n) is 17.4. The maximum atomic E-state index is 13.5. The van der Waals surface area contributed by atoms with Gasteiger partial charge in [-0.05, 0) is 55.8 Å². The smallest absolute Gasteiger partial charge is 0.478 e. The Labute approximate surface area is 431 Å². The van der Waals surface area contributed by atoms with E-state index in [0.29, 0.717) is 33.4 Å². The maximum absolute atomic E-state index is 13.5. The Bertz CT molecular complexity index is 3390. The standard InChI is InChI=1S/C45H53N6O22P3/c1-45(2,67-17-16-46-40(53)26-9-12-30(42(55)56)33(20-26)39-31-13-10-28(49(3)4)21-35(31)70-36-22-29(50(5)6)11-14-32(36)39)68-19-18-66-44(58)47-15-7-8-27-24-51(43(57)48-41(27)54)38-23-34(52)37(71-38)25-69-75(62,63)73-76(64,65)72-74(59,60)61/h9-14,20-22,24,34,37-38,52H,15-19,23,25H2,1-6H3,(H7-,46,47,48,53,54,55,56,57,58,59,60,61,62,63,64,65)/p+1/t34-,37+,38-/m0/s1. The van der Waals surface area contributed by atoms with Crippen molar-refractivity contribution in [2.24, 2.45) is 0 Å². The molecule has 9 N–H and O–H groups in total. The number of H-pyrrole nitrogens is 1. The van der Waals surface area contributed by atoms with E-state index in [1.165, 1.54) is 18.2 Å². The van der Waals surface area contributed by atoms with Crippen LogP contribution < -0.4 is 36.7 Å². The van der Waals surface area contributed by atoms with Gasteiger partial charge in [0.25, 0.3) is 11.5 Å². The molecule has 3 aliphatic rings. The second kappa shape index (κ2) is 24.3. The van der Waals surface area contributed by atoms with E-state index in [9.17, 15) is 57.7 Å². The van der Waals surface area contributed by atoms with Crippen LogP contribution in [0.1, 0.15) is 52.8 Å². The number of fused-ring (bicyclic) bond motifs is 2. The Balaban J connectivity index is 0.966. The molecule has 31 heteroatoms. The van der Waals surface area contributed by atoms with E-state index < -0.39 is 83.5 Å². The van der Waals surface area contributed by atoms with Crippen LogP contribution >= 0.6 is 23.5 Å². The molecule has 3 heterocycles. The monoisotopic (exact) mass is 1120 g/mol. The SMILES string of the molecule is CN(C)c1ccc2c(-c3cc(C(=O)NCCOC(C)(C)OCCOC(=O)NCC#Cc4cn([C@@H]5C[C@H](O)[C@@H](COP(=O)(O)OP(=O)(O)OP(=O)(O)O)O5)c(=O)[nH]c4=O)ccc3C(=O)O)c3ccc(=[N+](C)C)cc-3oc2c1. The van der Waals surface area contributed by atoms with Gasteiger partial charge in [0.2, 0.25) is 5.36 Å². The first-order valence-corrected chi connectivity index (χ1v) is 27.0. The van der Waals surface area contributed by atoms with Crippen LogP contribution in [0.5, 0.6) is 0 Å². The molecule has 28 nitrogen and oxygen atoms in total. The third-order valence-corrected chi connectivity index (χ3v) is 14.8. The molecular formula is C45H54N6O22P3+. The summed E-state index contributed by atoms with van der Waals surface area (Å²) in [6.45, 7) is 1.55. The van der Waals surface area contributed by atoms with Gasteiger partial charge in [-0.1, -0.05) is 11.8 Å². The number of carboxylic acids is 1. The second-order valence-corrected chi connectivity index (χ2v) is 21.8. The number of phosphoric acid groups is 3. The molecule has 0 bridgehead atoms. The molecule has 0 spiro atoms. The highest BCUT2D eigenvalue weighted by Gasteiger charge is 2.43. The molecule has 2 unspecified atom stereocenters. The summed E-state index contributed by atoms with van der Waals surface area (Å²) >= 11 is 0. The summed E-state index contributed by atoms with van der Waals surface area (Å²) < 4.78 is 77.5. The number of hydrogen-bond donors (Lipinski definition) is 9. The van der Waals surface area contributed by atoms with Crippen molar-refractivity contribution in [1.29, 1.82) is 0 Å². The van der Waals surface area contributed by atoms with Gasteiger partial charge in [-0.2, -0.15) is 8.62 Å². The van der Waals surface area contributed by atoms with Gasteiger partial charge in [0.1, 0.15) is 49.9 Å². The van der Waals surface area contributed by atoms with E-state index in [0.717, 1.165) is 21.8 Å². The fraction of sp³-hybridized carbons (Fsp3) is 0.378. The molecule has 2 aliphatic heterocycles. The summed E-state index contributed by atoms with van der Waals surface area (Å²) in [5.41, 5.74) is 0.894. The lowest BCUT2D eigenvalue weighted by molar-refractivity contribution is -0.215. The van der Waals surface area contributed by atoms with E-state index in [-0.39, 0.29) is 56.0 Å². The number of ether oxygens (including phenoxy) is 4. The quantitative estimate of drug-likeness (QED) is 0.0127. The van der Waals surface area contributed by atoms with Gasteiger partial charge < -0.3 is 68.7 Å². The number of alkyl carbamates (subject to hydrolysis) is 1. The van der Waals surface area contributed by atoms with Gasteiger partial charge >= 0.3 is 41.2 Å². The average molecular weight is 1120 g/mol. The molecular weight excluding hydrogens is 1070 g/mol.